The molecular weight excluding hydrogens is 472 g/mol. The van der Waals surface area contributed by atoms with Crippen molar-refractivity contribution in [2.24, 2.45) is 5.14 Å². The van der Waals surface area contributed by atoms with Crippen LogP contribution in [0.3, 0.4) is 0 Å². The van der Waals surface area contributed by atoms with Crippen molar-refractivity contribution < 1.29 is 12.8 Å². The van der Waals surface area contributed by atoms with Gasteiger partial charge in [-0.1, -0.05) is 69.3 Å². The highest BCUT2D eigenvalue weighted by molar-refractivity contribution is 7.89. The maximum absolute atomic E-state index is 12.0. The van der Waals surface area contributed by atoms with Crippen molar-refractivity contribution >= 4 is 27.4 Å². The van der Waals surface area contributed by atoms with Gasteiger partial charge in [-0.15, -0.1) is 0 Å². The minimum atomic E-state index is -3.88. The molecule has 5 rings (SSSR count). The fourth-order valence-electron chi connectivity index (χ4n) is 4.40. The molecule has 0 saturated heterocycles. The second kappa shape index (κ2) is 8.65. The highest BCUT2D eigenvalue weighted by Crippen LogP contribution is 2.38. The van der Waals surface area contributed by atoms with Crippen LogP contribution < -0.4 is 15.4 Å². The molecule has 1 atom stereocenters. The number of fused-ring (bicyclic) bond motifs is 1. The molecule has 3 aromatic carbocycles. The molecule has 36 heavy (non-hydrogen) atoms. The van der Waals surface area contributed by atoms with Gasteiger partial charge in [0.15, 0.2) is 0 Å². The van der Waals surface area contributed by atoms with Gasteiger partial charge >= 0.3 is 0 Å². The zero-order valence-corrected chi connectivity index (χ0v) is 21.1. The molecule has 1 unspecified atom stereocenters. The standard InChI is InChI=1S/C28H28N4O3S/c1-28(2,3)21-11-7-18(8-12-21)19-9-13-22(14-10-19)32-25(29)24-15-16-35-27(24)31-26(32)20-5-4-6-23(17-20)36(30,33)34/h4-17,26,29,31H,1-3H3,(H2,30,33,34). The maximum Gasteiger partial charge on any atom is 0.238 e. The number of nitrogens with two attached hydrogens (primary N) is 1. The number of hydrogen-bond acceptors (Lipinski definition) is 5. The molecule has 2 heterocycles. The number of primary sulfonamides is 1. The molecule has 0 radical (unpaired) electrons. The molecule has 4 N–H and O–H groups in total. The Bertz CT molecular complexity index is 1530. The zero-order valence-electron chi connectivity index (χ0n) is 20.3. The van der Waals surface area contributed by atoms with Gasteiger partial charge in [0.2, 0.25) is 15.9 Å². The number of sulfonamides is 1. The van der Waals surface area contributed by atoms with Crippen LogP contribution >= 0.6 is 0 Å². The number of nitrogens with one attached hydrogen (secondary N) is 2. The van der Waals surface area contributed by atoms with Crippen LogP contribution in [0.5, 0.6) is 0 Å². The molecule has 184 valence electrons. The monoisotopic (exact) mass is 500 g/mol. The van der Waals surface area contributed by atoms with Crippen molar-refractivity contribution in [1.82, 2.24) is 0 Å². The Morgan fingerprint density at radius 3 is 2.19 bits per heavy atom. The lowest BCUT2D eigenvalue weighted by molar-refractivity contribution is 0.564. The second-order valence-corrected chi connectivity index (χ2v) is 11.5. The number of nitrogens with zero attached hydrogens (tertiary/aromatic N) is 1. The number of benzene rings is 3. The van der Waals surface area contributed by atoms with Gasteiger partial charge in [-0.05, 0) is 58.0 Å². The zero-order chi connectivity index (χ0) is 25.7. The molecule has 1 aromatic heterocycles. The fourth-order valence-corrected chi connectivity index (χ4v) is 4.97. The largest absolute Gasteiger partial charge is 0.448 e. The summed E-state index contributed by atoms with van der Waals surface area (Å²) in [6.45, 7) is 6.58. The summed E-state index contributed by atoms with van der Waals surface area (Å²) in [5.41, 5.74) is 5.57. The first kappa shape index (κ1) is 23.8. The van der Waals surface area contributed by atoms with Gasteiger partial charge < -0.3 is 14.6 Å². The Balaban J connectivity index is 1.53. The van der Waals surface area contributed by atoms with E-state index in [0.29, 0.717) is 17.0 Å². The smallest absolute Gasteiger partial charge is 0.238 e. The first-order valence-electron chi connectivity index (χ1n) is 11.6. The Morgan fingerprint density at radius 2 is 1.58 bits per heavy atom. The summed E-state index contributed by atoms with van der Waals surface area (Å²) < 4.78 is 29.5. The van der Waals surface area contributed by atoms with E-state index in [9.17, 15) is 8.42 Å². The lowest BCUT2D eigenvalue weighted by atomic mass is 9.86. The van der Waals surface area contributed by atoms with Crippen molar-refractivity contribution in [3.8, 4) is 11.1 Å². The number of furan rings is 1. The van der Waals surface area contributed by atoms with E-state index >= 15 is 0 Å². The molecule has 7 nitrogen and oxygen atoms in total. The maximum atomic E-state index is 12.0. The van der Waals surface area contributed by atoms with Crippen LogP contribution in [-0.2, 0) is 15.4 Å². The highest BCUT2D eigenvalue weighted by Gasteiger charge is 2.34. The summed E-state index contributed by atoms with van der Waals surface area (Å²) in [6.07, 6.45) is 0.951. The average molecular weight is 501 g/mol. The summed E-state index contributed by atoms with van der Waals surface area (Å²) in [5.74, 6) is 0.698. The average Bonchev–Trinajstić information content (AvgIpc) is 3.33. The van der Waals surface area contributed by atoms with Crippen LogP contribution in [0.2, 0.25) is 0 Å². The van der Waals surface area contributed by atoms with E-state index in [4.69, 9.17) is 15.0 Å². The summed E-state index contributed by atoms with van der Waals surface area (Å²) in [7, 11) is -3.88. The number of hydrogen-bond donors (Lipinski definition) is 3. The van der Waals surface area contributed by atoms with Gasteiger partial charge in [-0.3, -0.25) is 5.41 Å². The van der Waals surface area contributed by atoms with Crippen LogP contribution in [0.1, 0.15) is 43.6 Å². The third-order valence-corrected chi connectivity index (χ3v) is 7.33. The van der Waals surface area contributed by atoms with E-state index in [0.717, 1.165) is 16.8 Å². The van der Waals surface area contributed by atoms with Gasteiger partial charge in [-0.25, -0.2) is 13.6 Å². The van der Waals surface area contributed by atoms with Crippen LogP contribution in [-0.4, -0.2) is 14.3 Å². The lowest BCUT2D eigenvalue weighted by Crippen LogP contribution is -2.42. The molecule has 8 heteroatoms. The van der Waals surface area contributed by atoms with Gasteiger partial charge in [-0.2, -0.15) is 0 Å². The summed E-state index contributed by atoms with van der Waals surface area (Å²) in [5, 5.41) is 17.6. The number of amidine groups is 1. The molecule has 0 saturated carbocycles. The van der Waals surface area contributed by atoms with E-state index in [1.165, 1.54) is 24.0 Å². The molecule has 0 fully saturated rings. The Morgan fingerprint density at radius 1 is 0.944 bits per heavy atom. The number of rotatable bonds is 4. The molecule has 1 aliphatic heterocycles. The third kappa shape index (κ3) is 4.41. The second-order valence-electron chi connectivity index (χ2n) is 9.92. The van der Waals surface area contributed by atoms with Gasteiger partial charge in [0.05, 0.1) is 16.7 Å². The molecule has 0 aliphatic carbocycles. The van der Waals surface area contributed by atoms with E-state index in [2.05, 4.69) is 50.4 Å². The summed E-state index contributed by atoms with van der Waals surface area (Å²) >= 11 is 0. The van der Waals surface area contributed by atoms with E-state index in [-0.39, 0.29) is 16.1 Å². The predicted octanol–water partition coefficient (Wildman–Crippen LogP) is 5.85. The van der Waals surface area contributed by atoms with Crippen molar-refractivity contribution in [2.45, 2.75) is 37.2 Å². The van der Waals surface area contributed by atoms with Crippen molar-refractivity contribution in [3.63, 3.8) is 0 Å². The van der Waals surface area contributed by atoms with E-state index in [1.54, 1.807) is 18.2 Å². The third-order valence-electron chi connectivity index (χ3n) is 6.42. The minimum absolute atomic E-state index is 0.00701. The van der Waals surface area contributed by atoms with Crippen molar-refractivity contribution in [3.05, 3.63) is 102 Å². The summed E-state index contributed by atoms with van der Waals surface area (Å²) in [4.78, 5) is 1.82. The Hall–Kier alpha value is -3.88. The van der Waals surface area contributed by atoms with Gasteiger partial charge in [0.1, 0.15) is 12.0 Å². The molecule has 0 spiro atoms. The van der Waals surface area contributed by atoms with Crippen molar-refractivity contribution in [2.75, 3.05) is 10.2 Å². The highest BCUT2D eigenvalue weighted by atomic mass is 32.2. The molecule has 0 bridgehead atoms. The number of anilines is 2. The van der Waals surface area contributed by atoms with Gasteiger partial charge in [0.25, 0.3) is 0 Å². The van der Waals surface area contributed by atoms with Crippen LogP contribution in [0.15, 0.2) is 94.4 Å². The lowest BCUT2D eigenvalue weighted by Gasteiger charge is -2.38. The Labute approximate surface area is 211 Å². The Kier molecular flexibility index (Phi) is 5.73. The van der Waals surface area contributed by atoms with Crippen LogP contribution in [0.4, 0.5) is 11.6 Å². The molecule has 4 aromatic rings. The minimum Gasteiger partial charge on any atom is -0.448 e. The normalized spacial score (nSPS) is 15.9. The van der Waals surface area contributed by atoms with E-state index in [1.807, 2.05) is 29.2 Å². The van der Waals surface area contributed by atoms with Crippen LogP contribution in [0.25, 0.3) is 11.1 Å². The fraction of sp³-hybridized carbons (Fsp3) is 0.179. The molecule has 0 amide bonds. The molecule has 1 aliphatic rings. The SMILES string of the molecule is CC(C)(C)c1ccc(-c2ccc(N3C(=N)c4ccoc4NC3c3cccc(S(N)(=O)=O)c3)cc2)cc1. The topological polar surface area (TPSA) is 112 Å². The first-order valence-corrected chi connectivity index (χ1v) is 13.1. The summed E-state index contributed by atoms with van der Waals surface area (Å²) in [6, 6.07) is 24.7. The molecular formula is C28H28N4O3S. The van der Waals surface area contributed by atoms with Crippen LogP contribution in [0, 0.1) is 5.41 Å². The quantitative estimate of drug-likeness (QED) is 0.325. The predicted molar refractivity (Wildman–Crippen MR) is 143 cm³/mol. The van der Waals surface area contributed by atoms with Gasteiger partial charge in [0, 0.05) is 5.69 Å². The first-order chi connectivity index (χ1) is 17.0. The van der Waals surface area contributed by atoms with Crippen molar-refractivity contribution in [1.29, 1.82) is 5.41 Å². The van der Waals surface area contributed by atoms with E-state index < -0.39 is 16.2 Å².